The van der Waals surface area contributed by atoms with E-state index in [1.807, 2.05) is 62.9 Å². The Hall–Kier alpha value is -2.37. The molecule has 1 aliphatic rings. The summed E-state index contributed by atoms with van der Waals surface area (Å²) in [4.78, 5) is 24.8. The van der Waals surface area contributed by atoms with E-state index < -0.39 is 5.60 Å². The van der Waals surface area contributed by atoms with Gasteiger partial charge in [0.15, 0.2) is 5.96 Å². The molecule has 1 unspecified atom stereocenters. The summed E-state index contributed by atoms with van der Waals surface area (Å²) in [5.74, 6) is 1.48. The van der Waals surface area contributed by atoms with Crippen LogP contribution in [-0.4, -0.2) is 70.3 Å². The minimum absolute atomic E-state index is 0. The van der Waals surface area contributed by atoms with Gasteiger partial charge in [-0.2, -0.15) is 4.98 Å². The molecule has 10 heteroatoms. The van der Waals surface area contributed by atoms with Gasteiger partial charge < -0.3 is 24.8 Å². The van der Waals surface area contributed by atoms with Crippen molar-refractivity contribution >= 4 is 36.0 Å². The van der Waals surface area contributed by atoms with Gasteiger partial charge in [-0.1, -0.05) is 42.4 Å². The number of piperazine rings is 1. The van der Waals surface area contributed by atoms with Crippen LogP contribution in [0.25, 0.3) is 11.4 Å². The second-order valence-corrected chi connectivity index (χ2v) is 8.38. The van der Waals surface area contributed by atoms with Crippen LogP contribution in [0.5, 0.6) is 0 Å². The number of guanidine groups is 1. The highest BCUT2D eigenvalue weighted by atomic mass is 127. The van der Waals surface area contributed by atoms with E-state index in [1.165, 1.54) is 0 Å². The average molecular weight is 542 g/mol. The number of aliphatic imine (C=N–C) groups is 1. The van der Waals surface area contributed by atoms with E-state index in [0.29, 0.717) is 50.4 Å². The molecule has 1 atom stereocenters. The first-order valence-corrected chi connectivity index (χ1v) is 10.1. The summed E-state index contributed by atoms with van der Waals surface area (Å²) < 4.78 is 10.8. The number of aromatic nitrogens is 2. The zero-order chi connectivity index (χ0) is 21.7. The molecule has 9 nitrogen and oxygen atoms in total. The molecule has 1 aromatic heterocycles. The van der Waals surface area contributed by atoms with Gasteiger partial charge in [-0.25, -0.2) is 4.79 Å². The van der Waals surface area contributed by atoms with E-state index in [1.54, 1.807) is 4.90 Å². The van der Waals surface area contributed by atoms with Crippen molar-refractivity contribution in [3.05, 3.63) is 36.2 Å². The standard InChI is InChI=1S/C21H30N6O3.HI/c1-15(18-24-17(25-30-18)16-8-6-5-7-9-16)14-23-19(22)26-10-12-27(13-11-26)20(28)29-21(2,3)4;/h5-9,15H,10-14H2,1-4H3,(H2,22,23);1H. The zero-order valence-corrected chi connectivity index (χ0v) is 20.8. The Kier molecular flexibility index (Phi) is 8.66. The molecule has 2 N–H and O–H groups in total. The molecule has 0 radical (unpaired) electrons. The largest absolute Gasteiger partial charge is 0.444 e. The highest BCUT2D eigenvalue weighted by Crippen LogP contribution is 2.20. The number of halogens is 1. The first-order chi connectivity index (χ1) is 14.2. The third kappa shape index (κ3) is 7.08. The van der Waals surface area contributed by atoms with Crippen molar-refractivity contribution in [2.45, 2.75) is 39.2 Å². The van der Waals surface area contributed by atoms with E-state index in [2.05, 4.69) is 15.1 Å². The van der Waals surface area contributed by atoms with Crippen molar-refractivity contribution in [2.24, 2.45) is 10.7 Å². The molecular formula is C21H31IN6O3. The van der Waals surface area contributed by atoms with Gasteiger partial charge in [0.25, 0.3) is 0 Å². The van der Waals surface area contributed by atoms with Gasteiger partial charge in [0.05, 0.1) is 12.5 Å². The summed E-state index contributed by atoms with van der Waals surface area (Å²) in [5, 5.41) is 4.05. The molecule has 3 rings (SSSR count). The summed E-state index contributed by atoms with van der Waals surface area (Å²) in [6.07, 6.45) is -0.295. The Morgan fingerprint density at radius 1 is 1.19 bits per heavy atom. The highest BCUT2D eigenvalue weighted by Gasteiger charge is 2.26. The minimum atomic E-state index is -0.500. The predicted octanol–water partition coefficient (Wildman–Crippen LogP) is 3.33. The van der Waals surface area contributed by atoms with Crippen LogP contribution in [0.15, 0.2) is 39.8 Å². The first-order valence-electron chi connectivity index (χ1n) is 10.1. The maximum Gasteiger partial charge on any atom is 0.410 e. The van der Waals surface area contributed by atoms with Crippen molar-refractivity contribution in [2.75, 3.05) is 32.7 Å². The van der Waals surface area contributed by atoms with Gasteiger partial charge in [0, 0.05) is 31.7 Å². The van der Waals surface area contributed by atoms with Gasteiger partial charge in [-0.05, 0) is 20.8 Å². The Bertz CT molecular complexity index is 873. The zero-order valence-electron chi connectivity index (χ0n) is 18.4. The van der Waals surface area contributed by atoms with Crippen molar-refractivity contribution < 1.29 is 14.1 Å². The minimum Gasteiger partial charge on any atom is -0.444 e. The highest BCUT2D eigenvalue weighted by molar-refractivity contribution is 14.0. The third-order valence-corrected chi connectivity index (χ3v) is 4.68. The number of nitrogens with zero attached hydrogens (tertiary/aromatic N) is 5. The number of carbonyl (C=O) groups is 1. The number of hydrogen-bond acceptors (Lipinski definition) is 6. The van der Waals surface area contributed by atoms with Crippen molar-refractivity contribution in [3.63, 3.8) is 0 Å². The number of nitrogens with two attached hydrogens (primary N) is 1. The van der Waals surface area contributed by atoms with Crippen LogP contribution in [0.2, 0.25) is 0 Å². The lowest BCUT2D eigenvalue weighted by atomic mass is 10.2. The van der Waals surface area contributed by atoms with Crippen LogP contribution in [-0.2, 0) is 4.74 Å². The molecule has 0 aliphatic carbocycles. The van der Waals surface area contributed by atoms with E-state index >= 15 is 0 Å². The molecule has 2 heterocycles. The summed E-state index contributed by atoms with van der Waals surface area (Å²) >= 11 is 0. The van der Waals surface area contributed by atoms with E-state index in [4.69, 9.17) is 15.0 Å². The normalized spacial score (nSPS) is 15.9. The van der Waals surface area contributed by atoms with Crippen LogP contribution in [0.4, 0.5) is 4.79 Å². The summed E-state index contributed by atoms with van der Waals surface area (Å²) in [7, 11) is 0. The number of ether oxygens (including phenoxy) is 1. The van der Waals surface area contributed by atoms with Crippen LogP contribution in [0.1, 0.15) is 39.5 Å². The quantitative estimate of drug-likeness (QED) is 0.359. The molecule has 2 aromatic rings. The van der Waals surface area contributed by atoms with Crippen molar-refractivity contribution in [3.8, 4) is 11.4 Å². The number of amides is 1. The molecule has 1 aliphatic heterocycles. The average Bonchev–Trinajstić information content (AvgIpc) is 3.22. The van der Waals surface area contributed by atoms with Crippen molar-refractivity contribution in [1.29, 1.82) is 0 Å². The van der Waals surface area contributed by atoms with Gasteiger partial charge >= 0.3 is 6.09 Å². The Balaban J connectivity index is 0.00000341. The molecule has 170 valence electrons. The molecular weight excluding hydrogens is 511 g/mol. The molecule has 1 amide bonds. The summed E-state index contributed by atoms with van der Waals surface area (Å²) in [5.41, 5.74) is 6.58. The first kappa shape index (κ1) is 24.9. The SMILES string of the molecule is CC(CN=C(N)N1CCN(C(=O)OC(C)(C)C)CC1)c1nc(-c2ccccc2)no1.I. The smallest absolute Gasteiger partial charge is 0.410 e. The number of hydrogen-bond donors (Lipinski definition) is 1. The second kappa shape index (κ2) is 10.8. The Morgan fingerprint density at radius 3 is 2.42 bits per heavy atom. The van der Waals surface area contributed by atoms with E-state index in [0.717, 1.165) is 5.56 Å². The lowest BCUT2D eigenvalue weighted by Crippen LogP contribution is -2.53. The topological polar surface area (TPSA) is 110 Å². The van der Waals surface area contributed by atoms with E-state index in [9.17, 15) is 4.79 Å². The van der Waals surface area contributed by atoms with Crippen LogP contribution < -0.4 is 5.73 Å². The maximum absolute atomic E-state index is 12.2. The van der Waals surface area contributed by atoms with Gasteiger partial charge in [-0.3, -0.25) is 4.99 Å². The Morgan fingerprint density at radius 2 is 1.81 bits per heavy atom. The third-order valence-electron chi connectivity index (χ3n) is 4.68. The van der Waals surface area contributed by atoms with E-state index in [-0.39, 0.29) is 36.0 Å². The summed E-state index contributed by atoms with van der Waals surface area (Å²) in [6.45, 7) is 10.3. The molecule has 0 spiro atoms. The summed E-state index contributed by atoms with van der Waals surface area (Å²) in [6, 6.07) is 9.68. The fourth-order valence-corrected chi connectivity index (χ4v) is 2.99. The van der Waals surface area contributed by atoms with Gasteiger partial charge in [-0.15, -0.1) is 24.0 Å². The fourth-order valence-electron chi connectivity index (χ4n) is 2.99. The van der Waals surface area contributed by atoms with Crippen LogP contribution in [0, 0.1) is 0 Å². The predicted molar refractivity (Wildman–Crippen MR) is 129 cm³/mol. The van der Waals surface area contributed by atoms with Crippen LogP contribution in [0.3, 0.4) is 0 Å². The molecule has 1 saturated heterocycles. The van der Waals surface area contributed by atoms with Crippen molar-refractivity contribution in [1.82, 2.24) is 19.9 Å². The lowest BCUT2D eigenvalue weighted by molar-refractivity contribution is 0.0186. The molecule has 1 fully saturated rings. The lowest BCUT2D eigenvalue weighted by Gasteiger charge is -2.36. The monoisotopic (exact) mass is 542 g/mol. The molecule has 31 heavy (non-hydrogen) atoms. The Labute approximate surface area is 200 Å². The molecule has 0 saturated carbocycles. The van der Waals surface area contributed by atoms with Crippen LogP contribution >= 0.6 is 24.0 Å². The van der Waals surface area contributed by atoms with Gasteiger partial charge in [0.2, 0.25) is 11.7 Å². The number of carbonyl (C=O) groups excluding carboxylic acids is 1. The second-order valence-electron chi connectivity index (χ2n) is 8.38. The maximum atomic E-state index is 12.2. The number of benzene rings is 1. The molecule has 1 aromatic carbocycles. The molecule has 0 bridgehead atoms. The fraction of sp³-hybridized carbons (Fsp3) is 0.524. The number of rotatable bonds is 4. The van der Waals surface area contributed by atoms with Gasteiger partial charge in [0.1, 0.15) is 5.60 Å².